The van der Waals surface area contributed by atoms with Crippen LogP contribution >= 0.6 is 0 Å². The van der Waals surface area contributed by atoms with Crippen LogP contribution in [0, 0.1) is 0 Å². The highest BCUT2D eigenvalue weighted by Crippen LogP contribution is 1.94. The van der Waals surface area contributed by atoms with Crippen LogP contribution in [0.1, 0.15) is 6.92 Å². The van der Waals surface area contributed by atoms with Gasteiger partial charge < -0.3 is 5.11 Å². The first kappa shape index (κ1) is 8.61. The van der Waals surface area contributed by atoms with Crippen LogP contribution in [0.15, 0.2) is 12.2 Å². The molecule has 0 aromatic rings. The molecule has 1 atom stereocenters. The van der Waals surface area contributed by atoms with Gasteiger partial charge >= 0.3 is 0 Å². The highest BCUT2D eigenvalue weighted by molar-refractivity contribution is 7.86. The van der Waals surface area contributed by atoms with Crippen molar-refractivity contribution in [1.29, 1.82) is 0 Å². The molecule has 54 valence electrons. The number of hydrogen-bond acceptors (Lipinski definition) is 3. The largest absolute Gasteiger partial charge is 0.372 e. The third-order valence-electron chi connectivity index (χ3n) is 0.662. The lowest BCUT2D eigenvalue weighted by Crippen LogP contribution is -2.16. The van der Waals surface area contributed by atoms with Crippen molar-refractivity contribution in [2.24, 2.45) is 0 Å². The van der Waals surface area contributed by atoms with Crippen LogP contribution in [0.2, 0.25) is 0 Å². The summed E-state index contributed by atoms with van der Waals surface area (Å²) in [5.41, 5.74) is -1.79. The van der Waals surface area contributed by atoms with Gasteiger partial charge in [-0.05, 0) is 13.0 Å². The SMILES string of the molecule is C/C=C/C(O)S(=O)(=O)O. The van der Waals surface area contributed by atoms with Crippen molar-refractivity contribution in [2.75, 3.05) is 0 Å². The van der Waals surface area contributed by atoms with Crippen LogP contribution < -0.4 is 0 Å². The second-order valence-corrected chi connectivity index (χ2v) is 2.94. The van der Waals surface area contributed by atoms with Gasteiger partial charge in [-0.2, -0.15) is 8.42 Å². The molecule has 0 aromatic carbocycles. The van der Waals surface area contributed by atoms with Crippen molar-refractivity contribution in [2.45, 2.75) is 12.4 Å². The average molecular weight is 152 g/mol. The lowest BCUT2D eigenvalue weighted by molar-refractivity contribution is 0.275. The zero-order chi connectivity index (χ0) is 7.49. The Labute approximate surface area is 53.6 Å². The summed E-state index contributed by atoms with van der Waals surface area (Å²) in [4.78, 5) is 0. The van der Waals surface area contributed by atoms with Gasteiger partial charge in [-0.25, -0.2) is 0 Å². The Morgan fingerprint density at radius 2 is 2.00 bits per heavy atom. The normalized spacial score (nSPS) is 16.3. The number of hydrogen-bond donors (Lipinski definition) is 2. The summed E-state index contributed by atoms with van der Waals surface area (Å²) in [7, 11) is -4.30. The minimum absolute atomic E-state index is 0.968. The zero-order valence-corrected chi connectivity index (χ0v) is 5.67. The molecule has 0 spiro atoms. The topological polar surface area (TPSA) is 74.6 Å². The van der Waals surface area contributed by atoms with E-state index < -0.39 is 15.6 Å². The second-order valence-electron chi connectivity index (χ2n) is 1.43. The minimum Gasteiger partial charge on any atom is -0.372 e. The molecule has 0 aliphatic heterocycles. The highest BCUT2D eigenvalue weighted by atomic mass is 32.2. The summed E-state index contributed by atoms with van der Waals surface area (Å²) in [5, 5.41) is 8.46. The minimum atomic E-state index is -4.30. The Bertz CT molecular complexity index is 191. The van der Waals surface area contributed by atoms with E-state index in [1.165, 1.54) is 13.0 Å². The predicted molar refractivity (Wildman–Crippen MR) is 32.4 cm³/mol. The molecule has 0 aliphatic carbocycles. The molecular weight excluding hydrogens is 144 g/mol. The van der Waals surface area contributed by atoms with Gasteiger partial charge in [0, 0.05) is 0 Å². The summed E-state index contributed by atoms with van der Waals surface area (Å²) in [6.07, 6.45) is 2.30. The van der Waals surface area contributed by atoms with Crippen molar-refractivity contribution in [1.82, 2.24) is 0 Å². The van der Waals surface area contributed by atoms with Crippen molar-refractivity contribution in [3.05, 3.63) is 12.2 Å². The van der Waals surface area contributed by atoms with E-state index in [0.29, 0.717) is 0 Å². The van der Waals surface area contributed by atoms with Crippen LogP contribution in [-0.2, 0) is 10.1 Å². The first-order valence-corrected chi connectivity index (χ1v) is 3.76. The zero-order valence-electron chi connectivity index (χ0n) is 4.85. The molecule has 0 aromatic heterocycles. The third-order valence-corrected chi connectivity index (χ3v) is 1.43. The molecule has 4 nitrogen and oxygen atoms in total. The Morgan fingerprint density at radius 1 is 1.56 bits per heavy atom. The van der Waals surface area contributed by atoms with Crippen molar-refractivity contribution in [3.8, 4) is 0 Å². The van der Waals surface area contributed by atoms with Gasteiger partial charge in [0.1, 0.15) is 0 Å². The Kier molecular flexibility index (Phi) is 2.83. The molecule has 0 bridgehead atoms. The molecule has 0 saturated carbocycles. The molecule has 0 radical (unpaired) electrons. The van der Waals surface area contributed by atoms with E-state index in [9.17, 15) is 8.42 Å². The number of aliphatic hydroxyl groups excluding tert-OH is 1. The molecule has 0 heterocycles. The number of rotatable bonds is 2. The maximum Gasteiger partial charge on any atom is 0.295 e. The lowest BCUT2D eigenvalue weighted by Gasteiger charge is -1.97. The van der Waals surface area contributed by atoms with Crippen molar-refractivity contribution < 1.29 is 18.1 Å². The molecule has 0 fully saturated rings. The Morgan fingerprint density at radius 3 is 2.11 bits per heavy atom. The molecule has 0 rings (SSSR count). The fourth-order valence-electron chi connectivity index (χ4n) is 0.264. The van der Waals surface area contributed by atoms with Crippen LogP contribution in [0.5, 0.6) is 0 Å². The third kappa shape index (κ3) is 3.23. The van der Waals surface area contributed by atoms with E-state index in [1.807, 2.05) is 0 Å². The van der Waals surface area contributed by atoms with Gasteiger partial charge in [-0.15, -0.1) is 0 Å². The van der Waals surface area contributed by atoms with E-state index in [-0.39, 0.29) is 0 Å². The van der Waals surface area contributed by atoms with E-state index in [4.69, 9.17) is 9.66 Å². The molecule has 2 N–H and O–H groups in total. The Balaban J connectivity index is 4.24. The van der Waals surface area contributed by atoms with Gasteiger partial charge in [-0.1, -0.05) is 6.08 Å². The molecule has 5 heteroatoms. The molecular formula is C4H8O4S. The van der Waals surface area contributed by atoms with E-state index in [0.717, 1.165) is 6.08 Å². The monoisotopic (exact) mass is 152 g/mol. The van der Waals surface area contributed by atoms with Crippen molar-refractivity contribution in [3.63, 3.8) is 0 Å². The lowest BCUT2D eigenvalue weighted by atomic mass is 10.6. The second kappa shape index (κ2) is 2.95. The smallest absolute Gasteiger partial charge is 0.295 e. The quantitative estimate of drug-likeness (QED) is 0.423. The number of allylic oxidation sites excluding steroid dienone is 1. The summed E-state index contributed by atoms with van der Waals surface area (Å²) in [5.74, 6) is 0. The molecule has 0 saturated heterocycles. The van der Waals surface area contributed by atoms with Crippen LogP contribution in [0.25, 0.3) is 0 Å². The first-order chi connectivity index (χ1) is 3.98. The first-order valence-electron chi connectivity index (χ1n) is 2.25. The van der Waals surface area contributed by atoms with Crippen molar-refractivity contribution >= 4 is 10.1 Å². The van der Waals surface area contributed by atoms with E-state index >= 15 is 0 Å². The van der Waals surface area contributed by atoms with Gasteiger partial charge in [0.15, 0.2) is 5.44 Å². The molecule has 0 aliphatic rings. The fraction of sp³-hybridized carbons (Fsp3) is 0.500. The fourth-order valence-corrected chi connectivity index (χ4v) is 0.620. The average Bonchev–Trinajstić information content (AvgIpc) is 1.64. The number of aliphatic hydroxyl groups is 1. The predicted octanol–water partition coefficient (Wildman–Crippen LogP) is -0.231. The highest BCUT2D eigenvalue weighted by Gasteiger charge is 2.14. The summed E-state index contributed by atoms with van der Waals surface area (Å²) in [6.45, 7) is 1.54. The molecule has 1 unspecified atom stereocenters. The van der Waals surface area contributed by atoms with E-state index in [1.54, 1.807) is 0 Å². The summed E-state index contributed by atoms with van der Waals surface area (Å²) >= 11 is 0. The van der Waals surface area contributed by atoms with Gasteiger partial charge in [0.2, 0.25) is 0 Å². The summed E-state index contributed by atoms with van der Waals surface area (Å²) in [6, 6.07) is 0. The van der Waals surface area contributed by atoms with Gasteiger partial charge in [0.05, 0.1) is 0 Å². The van der Waals surface area contributed by atoms with E-state index in [2.05, 4.69) is 0 Å². The van der Waals surface area contributed by atoms with Crippen LogP contribution in [0.3, 0.4) is 0 Å². The molecule has 9 heavy (non-hydrogen) atoms. The van der Waals surface area contributed by atoms with Gasteiger partial charge in [-0.3, -0.25) is 4.55 Å². The standard InChI is InChI=1S/C4H8O4S/c1-2-3-4(5)9(6,7)8/h2-5H,1H3,(H,6,7,8)/b3-2+. The molecule has 0 amide bonds. The Hall–Kier alpha value is -0.390. The maximum atomic E-state index is 9.98. The maximum absolute atomic E-state index is 9.98. The summed E-state index contributed by atoms with van der Waals surface area (Å²) < 4.78 is 28.0. The van der Waals surface area contributed by atoms with Crippen LogP contribution in [0.4, 0.5) is 0 Å². The van der Waals surface area contributed by atoms with Gasteiger partial charge in [0.25, 0.3) is 10.1 Å². The van der Waals surface area contributed by atoms with Crippen LogP contribution in [-0.4, -0.2) is 23.5 Å².